The summed E-state index contributed by atoms with van der Waals surface area (Å²) in [6.45, 7) is 2.42. The van der Waals surface area contributed by atoms with Crippen molar-refractivity contribution >= 4 is 10.0 Å². The van der Waals surface area contributed by atoms with Gasteiger partial charge in [0.2, 0.25) is 0 Å². The van der Waals surface area contributed by atoms with Crippen molar-refractivity contribution in [2.75, 3.05) is 13.2 Å². The van der Waals surface area contributed by atoms with Gasteiger partial charge in [0.25, 0.3) is 10.0 Å². The zero-order valence-corrected chi connectivity index (χ0v) is 11.3. The lowest BCUT2D eigenvalue weighted by molar-refractivity contribution is 0.322. The van der Waals surface area contributed by atoms with Crippen LogP contribution in [-0.4, -0.2) is 31.8 Å². The highest BCUT2D eigenvalue weighted by Crippen LogP contribution is 2.11. The van der Waals surface area contributed by atoms with Gasteiger partial charge in [-0.05, 0) is 30.7 Å². The van der Waals surface area contributed by atoms with Crippen LogP contribution in [0.1, 0.15) is 5.56 Å². The van der Waals surface area contributed by atoms with Gasteiger partial charge < -0.3 is 4.74 Å². The predicted molar refractivity (Wildman–Crippen MR) is 70.5 cm³/mol. The zero-order chi connectivity index (χ0) is 13.7. The number of benzene rings is 1. The van der Waals surface area contributed by atoms with Crippen molar-refractivity contribution in [1.29, 1.82) is 0 Å². The van der Waals surface area contributed by atoms with Crippen LogP contribution >= 0.6 is 0 Å². The van der Waals surface area contributed by atoms with Gasteiger partial charge in [0.1, 0.15) is 12.4 Å². The fourth-order valence-electron chi connectivity index (χ4n) is 1.52. The van der Waals surface area contributed by atoms with Gasteiger partial charge in [0.15, 0.2) is 5.03 Å². The second kappa shape index (κ2) is 5.85. The molecule has 0 spiro atoms. The van der Waals surface area contributed by atoms with Crippen LogP contribution in [0.2, 0.25) is 0 Å². The minimum absolute atomic E-state index is 0.0445. The Labute approximate surface area is 111 Å². The summed E-state index contributed by atoms with van der Waals surface area (Å²) in [5.74, 6) is 0.723. The van der Waals surface area contributed by atoms with E-state index < -0.39 is 10.0 Å². The first-order valence-corrected chi connectivity index (χ1v) is 7.25. The summed E-state index contributed by atoms with van der Waals surface area (Å²) in [4.78, 5) is 0. The molecule has 1 aromatic heterocycles. The predicted octanol–water partition coefficient (Wildman–Crippen LogP) is 1.08. The van der Waals surface area contributed by atoms with Crippen molar-refractivity contribution in [2.45, 2.75) is 11.9 Å². The summed E-state index contributed by atoms with van der Waals surface area (Å²) in [7, 11) is -3.53. The average molecular weight is 281 g/mol. The van der Waals surface area contributed by atoms with E-state index in [1.165, 1.54) is 12.3 Å². The van der Waals surface area contributed by atoms with Gasteiger partial charge in [-0.1, -0.05) is 12.1 Å². The highest BCUT2D eigenvalue weighted by Gasteiger charge is 2.14. The molecule has 7 heteroatoms. The summed E-state index contributed by atoms with van der Waals surface area (Å²) in [5, 5.41) is 6.05. The summed E-state index contributed by atoms with van der Waals surface area (Å²) >= 11 is 0. The molecule has 2 rings (SSSR count). The molecule has 2 N–H and O–H groups in total. The molecule has 0 atom stereocenters. The molecule has 0 saturated carbocycles. The van der Waals surface area contributed by atoms with Crippen LogP contribution in [0, 0.1) is 6.92 Å². The van der Waals surface area contributed by atoms with E-state index in [0.29, 0.717) is 0 Å². The van der Waals surface area contributed by atoms with E-state index in [2.05, 4.69) is 14.9 Å². The molecule has 0 bridgehead atoms. The molecule has 6 nitrogen and oxygen atoms in total. The van der Waals surface area contributed by atoms with E-state index in [1.807, 2.05) is 31.2 Å². The lowest BCUT2D eigenvalue weighted by atomic mass is 10.2. The van der Waals surface area contributed by atoms with Crippen molar-refractivity contribution in [3.05, 3.63) is 42.1 Å². The number of aryl methyl sites for hydroxylation is 1. The molecule has 0 unspecified atom stereocenters. The van der Waals surface area contributed by atoms with Gasteiger partial charge in [-0.2, -0.15) is 5.10 Å². The number of H-pyrrole nitrogens is 1. The van der Waals surface area contributed by atoms with Crippen LogP contribution in [0.25, 0.3) is 0 Å². The molecule has 0 aliphatic carbocycles. The fraction of sp³-hybridized carbons (Fsp3) is 0.250. The Kier molecular flexibility index (Phi) is 4.18. The SMILES string of the molecule is Cc1cccc(OCCNS(=O)(=O)c2ccn[nH]2)c1. The highest BCUT2D eigenvalue weighted by atomic mass is 32.2. The van der Waals surface area contributed by atoms with E-state index in [4.69, 9.17) is 4.74 Å². The van der Waals surface area contributed by atoms with E-state index >= 15 is 0 Å². The van der Waals surface area contributed by atoms with Crippen LogP contribution in [-0.2, 0) is 10.0 Å². The molecule has 0 radical (unpaired) electrons. The zero-order valence-electron chi connectivity index (χ0n) is 10.5. The standard InChI is InChI=1S/C12H15N3O3S/c1-10-3-2-4-11(9-10)18-8-7-14-19(16,17)12-5-6-13-15-12/h2-6,9,14H,7-8H2,1H3,(H,13,15). The number of sulfonamides is 1. The molecule has 0 fully saturated rings. The molecular formula is C12H15N3O3S. The molecule has 102 valence electrons. The minimum atomic E-state index is -3.53. The van der Waals surface area contributed by atoms with Crippen LogP contribution in [0.3, 0.4) is 0 Å². The Morgan fingerprint density at radius 3 is 2.89 bits per heavy atom. The third-order valence-electron chi connectivity index (χ3n) is 2.42. The topological polar surface area (TPSA) is 84.1 Å². The van der Waals surface area contributed by atoms with Gasteiger partial charge in [0, 0.05) is 6.54 Å². The lowest BCUT2D eigenvalue weighted by Crippen LogP contribution is -2.28. The first kappa shape index (κ1) is 13.6. The maximum atomic E-state index is 11.7. The summed E-state index contributed by atoms with van der Waals surface area (Å²) in [6, 6.07) is 8.97. The second-order valence-electron chi connectivity index (χ2n) is 3.98. The number of hydrogen-bond acceptors (Lipinski definition) is 4. The number of aromatic nitrogens is 2. The fourth-order valence-corrected chi connectivity index (χ4v) is 2.44. The first-order chi connectivity index (χ1) is 9.08. The van der Waals surface area contributed by atoms with E-state index in [9.17, 15) is 8.42 Å². The average Bonchev–Trinajstić information content (AvgIpc) is 2.89. The number of hydrogen-bond donors (Lipinski definition) is 2. The van der Waals surface area contributed by atoms with Crippen LogP contribution < -0.4 is 9.46 Å². The van der Waals surface area contributed by atoms with E-state index in [0.717, 1.165) is 11.3 Å². The Balaban J connectivity index is 1.81. The molecule has 1 aromatic carbocycles. The van der Waals surface area contributed by atoms with E-state index in [1.54, 1.807) is 0 Å². The van der Waals surface area contributed by atoms with Crippen molar-refractivity contribution in [2.24, 2.45) is 0 Å². The molecule has 0 aliphatic heterocycles. The Morgan fingerprint density at radius 1 is 1.37 bits per heavy atom. The maximum Gasteiger partial charge on any atom is 0.257 e. The smallest absolute Gasteiger partial charge is 0.257 e. The molecule has 0 amide bonds. The quantitative estimate of drug-likeness (QED) is 0.776. The van der Waals surface area contributed by atoms with Gasteiger partial charge in [-0.3, -0.25) is 5.10 Å². The van der Waals surface area contributed by atoms with Gasteiger partial charge in [0.05, 0.1) is 6.20 Å². The number of aromatic amines is 1. The first-order valence-electron chi connectivity index (χ1n) is 5.76. The summed E-state index contributed by atoms with van der Waals surface area (Å²) in [6.07, 6.45) is 1.39. The molecule has 19 heavy (non-hydrogen) atoms. The number of ether oxygens (including phenoxy) is 1. The Bertz CT molecular complexity index is 623. The van der Waals surface area contributed by atoms with E-state index in [-0.39, 0.29) is 18.2 Å². The van der Waals surface area contributed by atoms with Crippen molar-refractivity contribution in [1.82, 2.24) is 14.9 Å². The van der Waals surface area contributed by atoms with Crippen molar-refractivity contribution in [3.63, 3.8) is 0 Å². The lowest BCUT2D eigenvalue weighted by Gasteiger charge is -2.07. The van der Waals surface area contributed by atoms with Crippen LogP contribution in [0.4, 0.5) is 0 Å². The van der Waals surface area contributed by atoms with Gasteiger partial charge >= 0.3 is 0 Å². The molecule has 2 aromatic rings. The number of nitrogens with one attached hydrogen (secondary N) is 2. The van der Waals surface area contributed by atoms with Crippen molar-refractivity contribution in [3.8, 4) is 5.75 Å². The normalized spacial score (nSPS) is 11.4. The molecule has 0 aliphatic rings. The van der Waals surface area contributed by atoms with Gasteiger partial charge in [-0.15, -0.1) is 0 Å². The number of nitrogens with zero attached hydrogens (tertiary/aromatic N) is 1. The number of rotatable bonds is 6. The molecule has 1 heterocycles. The highest BCUT2D eigenvalue weighted by molar-refractivity contribution is 7.89. The molecular weight excluding hydrogens is 266 g/mol. The maximum absolute atomic E-state index is 11.7. The Morgan fingerprint density at radius 2 is 2.21 bits per heavy atom. The van der Waals surface area contributed by atoms with Crippen molar-refractivity contribution < 1.29 is 13.2 Å². The summed E-state index contributed by atoms with van der Waals surface area (Å²) in [5.41, 5.74) is 1.09. The van der Waals surface area contributed by atoms with Gasteiger partial charge in [-0.25, -0.2) is 13.1 Å². The monoisotopic (exact) mass is 281 g/mol. The largest absolute Gasteiger partial charge is 0.492 e. The van der Waals surface area contributed by atoms with Crippen LogP contribution in [0.5, 0.6) is 5.75 Å². The minimum Gasteiger partial charge on any atom is -0.492 e. The molecule has 0 saturated heterocycles. The summed E-state index contributed by atoms with van der Waals surface area (Å²) < 4.78 is 31.3. The Hall–Kier alpha value is -1.86. The third-order valence-corrected chi connectivity index (χ3v) is 3.81. The second-order valence-corrected chi connectivity index (χ2v) is 5.72. The van der Waals surface area contributed by atoms with Crippen LogP contribution in [0.15, 0.2) is 41.6 Å². The third kappa shape index (κ3) is 3.80.